The summed E-state index contributed by atoms with van der Waals surface area (Å²) in [4.78, 5) is 17.7. The first-order valence-electron chi connectivity index (χ1n) is 6.25. The lowest BCUT2D eigenvalue weighted by Gasteiger charge is -2.15. The standard InChI is InChI=1S/C15H14BrFN2OS/c1-10-18-13(9-21-10)4-6-15(20)19(2)8-11-7-12(16)3-5-14(11)17/h3-7,9H,8H2,1-2H3/b6-4+. The maximum atomic E-state index is 13.7. The Morgan fingerprint density at radius 3 is 2.95 bits per heavy atom. The predicted octanol–water partition coefficient (Wildman–Crippen LogP) is 4.02. The van der Waals surface area contributed by atoms with Crippen LogP contribution in [-0.2, 0) is 11.3 Å². The van der Waals surface area contributed by atoms with Gasteiger partial charge in [0, 0.05) is 35.1 Å². The number of rotatable bonds is 4. The molecule has 1 heterocycles. The second-order valence-electron chi connectivity index (χ2n) is 4.55. The Morgan fingerprint density at radius 2 is 2.29 bits per heavy atom. The van der Waals surface area contributed by atoms with E-state index in [1.165, 1.54) is 28.4 Å². The summed E-state index contributed by atoms with van der Waals surface area (Å²) in [6.07, 6.45) is 3.12. The summed E-state index contributed by atoms with van der Waals surface area (Å²) in [5.74, 6) is -0.517. The van der Waals surface area contributed by atoms with E-state index in [1.54, 1.807) is 25.3 Å². The number of likely N-dealkylation sites (N-methyl/N-ethyl adjacent to an activating group) is 1. The molecule has 21 heavy (non-hydrogen) atoms. The molecule has 1 amide bonds. The lowest BCUT2D eigenvalue weighted by molar-refractivity contribution is -0.125. The van der Waals surface area contributed by atoms with E-state index in [0.29, 0.717) is 5.56 Å². The molecule has 2 rings (SSSR count). The van der Waals surface area contributed by atoms with Crippen molar-refractivity contribution in [2.45, 2.75) is 13.5 Å². The molecule has 0 aliphatic rings. The Bertz CT molecular complexity index is 684. The number of amides is 1. The Morgan fingerprint density at radius 1 is 1.52 bits per heavy atom. The van der Waals surface area contributed by atoms with Crippen LogP contribution in [0.1, 0.15) is 16.3 Å². The molecule has 0 N–H and O–H groups in total. The molecule has 0 bridgehead atoms. The number of thiazole rings is 1. The zero-order valence-corrected chi connectivity index (χ0v) is 14.0. The van der Waals surface area contributed by atoms with Gasteiger partial charge in [-0.3, -0.25) is 4.79 Å². The first-order valence-corrected chi connectivity index (χ1v) is 7.92. The molecule has 110 valence electrons. The van der Waals surface area contributed by atoms with Crippen molar-refractivity contribution in [3.8, 4) is 0 Å². The number of carbonyl (C=O) groups excluding carboxylic acids is 1. The summed E-state index contributed by atoms with van der Waals surface area (Å²) in [7, 11) is 1.64. The van der Waals surface area contributed by atoms with Gasteiger partial charge in [0.15, 0.2) is 0 Å². The van der Waals surface area contributed by atoms with Crippen molar-refractivity contribution >= 4 is 39.2 Å². The minimum absolute atomic E-state index is 0.194. The van der Waals surface area contributed by atoms with Crippen LogP contribution >= 0.6 is 27.3 Å². The molecule has 1 aromatic heterocycles. The van der Waals surface area contributed by atoms with Crippen molar-refractivity contribution < 1.29 is 9.18 Å². The van der Waals surface area contributed by atoms with Gasteiger partial charge in [-0.25, -0.2) is 9.37 Å². The molecule has 0 aliphatic carbocycles. The normalized spacial score (nSPS) is 11.0. The highest BCUT2D eigenvalue weighted by atomic mass is 79.9. The van der Waals surface area contributed by atoms with Gasteiger partial charge in [0.05, 0.1) is 10.7 Å². The number of aromatic nitrogens is 1. The third-order valence-corrected chi connectivity index (χ3v) is 4.11. The maximum absolute atomic E-state index is 13.7. The lowest BCUT2D eigenvalue weighted by Crippen LogP contribution is -2.24. The van der Waals surface area contributed by atoms with Gasteiger partial charge >= 0.3 is 0 Å². The summed E-state index contributed by atoms with van der Waals surface area (Å²) in [6.45, 7) is 2.12. The van der Waals surface area contributed by atoms with Crippen LogP contribution in [0.25, 0.3) is 6.08 Å². The van der Waals surface area contributed by atoms with E-state index >= 15 is 0 Å². The van der Waals surface area contributed by atoms with Crippen molar-refractivity contribution in [1.82, 2.24) is 9.88 Å². The third-order valence-electron chi connectivity index (χ3n) is 2.82. The van der Waals surface area contributed by atoms with E-state index in [9.17, 15) is 9.18 Å². The van der Waals surface area contributed by atoms with Crippen LogP contribution in [0.4, 0.5) is 4.39 Å². The maximum Gasteiger partial charge on any atom is 0.246 e. The van der Waals surface area contributed by atoms with E-state index in [4.69, 9.17) is 0 Å². The summed E-state index contributed by atoms with van der Waals surface area (Å²) in [5.41, 5.74) is 1.23. The zero-order chi connectivity index (χ0) is 15.4. The highest BCUT2D eigenvalue weighted by molar-refractivity contribution is 9.10. The summed E-state index contributed by atoms with van der Waals surface area (Å²) in [6, 6.07) is 4.68. The number of nitrogens with zero attached hydrogens (tertiary/aromatic N) is 2. The SMILES string of the molecule is Cc1nc(/C=C/C(=O)N(C)Cc2cc(Br)ccc2F)cs1. The molecule has 6 heteroatoms. The predicted molar refractivity (Wildman–Crippen MR) is 86.5 cm³/mol. The van der Waals surface area contributed by atoms with Gasteiger partial charge in [-0.15, -0.1) is 11.3 Å². The number of hydrogen-bond acceptors (Lipinski definition) is 3. The molecule has 0 spiro atoms. The molecule has 2 aromatic rings. The monoisotopic (exact) mass is 368 g/mol. The topological polar surface area (TPSA) is 33.2 Å². The van der Waals surface area contributed by atoms with Crippen LogP contribution in [0, 0.1) is 12.7 Å². The first kappa shape index (κ1) is 15.9. The summed E-state index contributed by atoms with van der Waals surface area (Å²) in [5, 5.41) is 2.83. The van der Waals surface area contributed by atoms with Gasteiger partial charge in [-0.2, -0.15) is 0 Å². The average molecular weight is 369 g/mol. The fraction of sp³-hybridized carbons (Fsp3) is 0.200. The quantitative estimate of drug-likeness (QED) is 0.763. The van der Waals surface area contributed by atoms with Gasteiger partial charge in [-0.1, -0.05) is 15.9 Å². The fourth-order valence-corrected chi connectivity index (χ4v) is 2.73. The number of aryl methyl sites for hydroxylation is 1. The minimum atomic E-state index is -0.322. The van der Waals surface area contributed by atoms with E-state index in [0.717, 1.165) is 15.2 Å². The highest BCUT2D eigenvalue weighted by Crippen LogP contribution is 2.17. The molecule has 0 aliphatic heterocycles. The zero-order valence-electron chi connectivity index (χ0n) is 11.6. The third kappa shape index (κ3) is 4.47. The van der Waals surface area contributed by atoms with Crippen molar-refractivity contribution in [2.24, 2.45) is 0 Å². The van der Waals surface area contributed by atoms with Crippen LogP contribution in [-0.4, -0.2) is 22.8 Å². The second kappa shape index (κ2) is 6.95. The number of hydrogen-bond donors (Lipinski definition) is 0. The van der Waals surface area contributed by atoms with Crippen LogP contribution in [0.5, 0.6) is 0 Å². The number of halogens is 2. The minimum Gasteiger partial charge on any atom is -0.338 e. The van der Waals surface area contributed by atoms with Gasteiger partial charge < -0.3 is 4.90 Å². The van der Waals surface area contributed by atoms with Crippen molar-refractivity contribution in [2.75, 3.05) is 7.05 Å². The Balaban J connectivity index is 2.02. The van der Waals surface area contributed by atoms with Crippen LogP contribution in [0.3, 0.4) is 0 Å². The van der Waals surface area contributed by atoms with Crippen molar-refractivity contribution in [3.63, 3.8) is 0 Å². The first-order chi connectivity index (χ1) is 9.95. The molecular weight excluding hydrogens is 355 g/mol. The molecule has 0 saturated carbocycles. The second-order valence-corrected chi connectivity index (χ2v) is 6.53. The van der Waals surface area contributed by atoms with Crippen LogP contribution in [0.15, 0.2) is 34.1 Å². The van der Waals surface area contributed by atoms with E-state index in [2.05, 4.69) is 20.9 Å². The van der Waals surface area contributed by atoms with Crippen molar-refractivity contribution in [3.05, 3.63) is 56.2 Å². The van der Waals surface area contributed by atoms with Gasteiger partial charge in [-0.05, 0) is 31.2 Å². The van der Waals surface area contributed by atoms with Gasteiger partial charge in [0.1, 0.15) is 5.82 Å². The van der Waals surface area contributed by atoms with Gasteiger partial charge in [0.2, 0.25) is 5.91 Å². The molecule has 0 unspecified atom stereocenters. The molecule has 1 aromatic carbocycles. The average Bonchev–Trinajstić information content (AvgIpc) is 2.86. The Labute approximate surface area is 135 Å². The van der Waals surface area contributed by atoms with Crippen molar-refractivity contribution in [1.29, 1.82) is 0 Å². The van der Waals surface area contributed by atoms with E-state index < -0.39 is 0 Å². The van der Waals surface area contributed by atoms with E-state index in [-0.39, 0.29) is 18.3 Å². The van der Waals surface area contributed by atoms with Crippen LogP contribution in [0.2, 0.25) is 0 Å². The number of carbonyl (C=O) groups is 1. The number of benzene rings is 1. The lowest BCUT2D eigenvalue weighted by atomic mass is 10.2. The Kier molecular flexibility index (Phi) is 5.25. The highest BCUT2D eigenvalue weighted by Gasteiger charge is 2.10. The molecule has 0 saturated heterocycles. The molecular formula is C15H14BrFN2OS. The summed E-state index contributed by atoms with van der Waals surface area (Å²) >= 11 is 4.82. The molecule has 3 nitrogen and oxygen atoms in total. The largest absolute Gasteiger partial charge is 0.338 e. The molecule has 0 radical (unpaired) electrons. The molecule has 0 fully saturated rings. The molecule has 0 atom stereocenters. The summed E-state index contributed by atoms with van der Waals surface area (Å²) < 4.78 is 14.4. The van der Waals surface area contributed by atoms with Crippen LogP contribution < -0.4 is 0 Å². The Hall–Kier alpha value is -1.53. The van der Waals surface area contributed by atoms with E-state index in [1.807, 2.05) is 12.3 Å². The smallest absolute Gasteiger partial charge is 0.246 e. The van der Waals surface area contributed by atoms with Gasteiger partial charge in [0.25, 0.3) is 0 Å². The fourth-order valence-electron chi connectivity index (χ4n) is 1.74.